The van der Waals surface area contributed by atoms with Crippen LogP contribution in [0.3, 0.4) is 0 Å². The van der Waals surface area contributed by atoms with Gasteiger partial charge in [-0.2, -0.15) is 0 Å². The zero-order valence-electron chi connectivity index (χ0n) is 5.61. The lowest BCUT2D eigenvalue weighted by Crippen LogP contribution is -2.18. The molecule has 0 aromatic rings. The number of hydrogen-bond donors (Lipinski definition) is 1. The SMILES string of the molecule is CSC#CC1CCCN1. The molecule has 1 aliphatic rings. The van der Waals surface area contributed by atoms with Gasteiger partial charge < -0.3 is 5.32 Å². The summed E-state index contributed by atoms with van der Waals surface area (Å²) in [4.78, 5) is 0. The summed E-state index contributed by atoms with van der Waals surface area (Å²) in [5.41, 5.74) is 0. The zero-order chi connectivity index (χ0) is 6.53. The van der Waals surface area contributed by atoms with Crippen molar-refractivity contribution in [3.63, 3.8) is 0 Å². The molecule has 0 aromatic heterocycles. The molecule has 1 rings (SSSR count). The molecule has 0 aromatic carbocycles. The standard InChI is InChI=1S/C7H11NS/c1-9-6-4-7-3-2-5-8-7/h7-8H,2-3,5H2,1H3. The van der Waals surface area contributed by atoms with Crippen LogP contribution in [0.2, 0.25) is 0 Å². The number of thioether (sulfide) groups is 1. The molecule has 0 amide bonds. The molecule has 1 atom stereocenters. The highest BCUT2D eigenvalue weighted by Crippen LogP contribution is 2.03. The first-order valence-electron chi connectivity index (χ1n) is 3.20. The Hall–Kier alpha value is -0.130. The minimum atomic E-state index is 0.484. The van der Waals surface area contributed by atoms with Crippen molar-refractivity contribution < 1.29 is 0 Å². The van der Waals surface area contributed by atoms with E-state index in [1.54, 1.807) is 11.8 Å². The second-order valence-corrected chi connectivity index (χ2v) is 2.71. The Kier molecular flexibility index (Phi) is 2.96. The molecular weight excluding hydrogens is 130 g/mol. The van der Waals surface area contributed by atoms with E-state index in [-0.39, 0.29) is 0 Å². The third-order valence-electron chi connectivity index (χ3n) is 1.40. The van der Waals surface area contributed by atoms with Crippen LogP contribution in [0.5, 0.6) is 0 Å². The van der Waals surface area contributed by atoms with Crippen LogP contribution in [0.15, 0.2) is 0 Å². The van der Waals surface area contributed by atoms with Crippen LogP contribution in [0, 0.1) is 11.2 Å². The van der Waals surface area contributed by atoms with E-state index in [1.807, 2.05) is 6.26 Å². The van der Waals surface area contributed by atoms with Crippen molar-refractivity contribution in [2.75, 3.05) is 12.8 Å². The van der Waals surface area contributed by atoms with Gasteiger partial charge in [0.25, 0.3) is 0 Å². The van der Waals surface area contributed by atoms with Gasteiger partial charge in [-0.15, -0.1) is 0 Å². The van der Waals surface area contributed by atoms with E-state index in [0.29, 0.717) is 6.04 Å². The van der Waals surface area contributed by atoms with Gasteiger partial charge in [-0.3, -0.25) is 0 Å². The van der Waals surface area contributed by atoms with Gasteiger partial charge in [-0.05, 0) is 30.9 Å². The molecule has 1 saturated heterocycles. The normalized spacial score (nSPS) is 25.2. The molecule has 0 spiro atoms. The Morgan fingerprint density at radius 1 is 1.67 bits per heavy atom. The predicted molar refractivity (Wildman–Crippen MR) is 42.3 cm³/mol. The van der Waals surface area contributed by atoms with Crippen molar-refractivity contribution in [1.82, 2.24) is 5.32 Å². The van der Waals surface area contributed by atoms with Gasteiger partial charge in [0, 0.05) is 0 Å². The molecular formula is C7H11NS. The van der Waals surface area contributed by atoms with Gasteiger partial charge in [0.2, 0.25) is 0 Å². The smallest absolute Gasteiger partial charge is 0.0699 e. The lowest BCUT2D eigenvalue weighted by atomic mass is 10.2. The maximum atomic E-state index is 3.30. The summed E-state index contributed by atoms with van der Waals surface area (Å²) in [5.74, 6) is 3.13. The van der Waals surface area contributed by atoms with E-state index < -0.39 is 0 Å². The van der Waals surface area contributed by atoms with Crippen LogP contribution < -0.4 is 5.32 Å². The highest BCUT2D eigenvalue weighted by Gasteiger charge is 2.09. The topological polar surface area (TPSA) is 12.0 Å². The Balaban J connectivity index is 2.26. The lowest BCUT2D eigenvalue weighted by Gasteiger charge is -1.95. The van der Waals surface area contributed by atoms with Crippen LogP contribution in [-0.2, 0) is 0 Å². The Labute approximate surface area is 60.6 Å². The van der Waals surface area contributed by atoms with Crippen molar-refractivity contribution in [2.45, 2.75) is 18.9 Å². The van der Waals surface area contributed by atoms with Crippen molar-refractivity contribution in [2.24, 2.45) is 0 Å². The fourth-order valence-corrected chi connectivity index (χ4v) is 1.20. The molecule has 1 fully saturated rings. The third-order valence-corrected chi connectivity index (χ3v) is 1.72. The number of rotatable bonds is 0. The van der Waals surface area contributed by atoms with Crippen LogP contribution in [0.1, 0.15) is 12.8 Å². The zero-order valence-corrected chi connectivity index (χ0v) is 6.42. The van der Waals surface area contributed by atoms with Gasteiger partial charge in [-0.25, -0.2) is 0 Å². The van der Waals surface area contributed by atoms with E-state index in [0.717, 1.165) is 6.54 Å². The Morgan fingerprint density at radius 2 is 2.56 bits per heavy atom. The molecule has 1 heterocycles. The first kappa shape index (κ1) is 6.98. The molecule has 1 N–H and O–H groups in total. The molecule has 1 aliphatic heterocycles. The summed E-state index contributed by atoms with van der Waals surface area (Å²) < 4.78 is 0. The Morgan fingerprint density at radius 3 is 3.11 bits per heavy atom. The van der Waals surface area contributed by atoms with Crippen molar-refractivity contribution in [3.8, 4) is 11.2 Å². The largest absolute Gasteiger partial charge is 0.304 e. The molecule has 1 nitrogen and oxygen atoms in total. The summed E-state index contributed by atoms with van der Waals surface area (Å²) in [7, 11) is 0. The van der Waals surface area contributed by atoms with Crippen molar-refractivity contribution >= 4 is 11.8 Å². The first-order valence-corrected chi connectivity index (χ1v) is 4.43. The summed E-state index contributed by atoms with van der Waals surface area (Å²) in [6, 6.07) is 0.484. The summed E-state index contributed by atoms with van der Waals surface area (Å²) in [5, 5.41) is 6.30. The highest BCUT2D eigenvalue weighted by atomic mass is 32.2. The average Bonchev–Trinajstić information content (AvgIpc) is 2.34. The number of nitrogens with one attached hydrogen (secondary N) is 1. The van der Waals surface area contributed by atoms with Gasteiger partial charge in [0.15, 0.2) is 0 Å². The third kappa shape index (κ3) is 2.30. The maximum absolute atomic E-state index is 3.30. The predicted octanol–water partition coefficient (Wildman–Crippen LogP) is 1.06. The monoisotopic (exact) mass is 141 g/mol. The quantitative estimate of drug-likeness (QED) is 0.506. The molecule has 0 radical (unpaired) electrons. The highest BCUT2D eigenvalue weighted by molar-refractivity contribution is 8.03. The minimum Gasteiger partial charge on any atom is -0.304 e. The van der Waals surface area contributed by atoms with Gasteiger partial charge in [0.05, 0.1) is 6.04 Å². The van der Waals surface area contributed by atoms with Crippen LogP contribution in [-0.4, -0.2) is 18.8 Å². The lowest BCUT2D eigenvalue weighted by molar-refractivity contribution is 0.749. The van der Waals surface area contributed by atoms with Crippen molar-refractivity contribution in [3.05, 3.63) is 0 Å². The fraction of sp³-hybridized carbons (Fsp3) is 0.714. The van der Waals surface area contributed by atoms with E-state index in [4.69, 9.17) is 0 Å². The minimum absolute atomic E-state index is 0.484. The van der Waals surface area contributed by atoms with Gasteiger partial charge in [-0.1, -0.05) is 17.7 Å². The maximum Gasteiger partial charge on any atom is 0.0699 e. The summed E-state index contributed by atoms with van der Waals surface area (Å²) in [6.45, 7) is 1.15. The average molecular weight is 141 g/mol. The van der Waals surface area contributed by atoms with Crippen LogP contribution >= 0.6 is 11.8 Å². The molecule has 1 unspecified atom stereocenters. The van der Waals surface area contributed by atoms with E-state index in [1.165, 1.54) is 12.8 Å². The molecule has 9 heavy (non-hydrogen) atoms. The van der Waals surface area contributed by atoms with E-state index in [9.17, 15) is 0 Å². The Bertz CT molecular complexity index is 128. The van der Waals surface area contributed by atoms with Gasteiger partial charge >= 0.3 is 0 Å². The van der Waals surface area contributed by atoms with E-state index in [2.05, 4.69) is 16.5 Å². The second-order valence-electron chi connectivity index (χ2n) is 2.10. The summed E-state index contributed by atoms with van der Waals surface area (Å²) in [6.07, 6.45) is 4.52. The molecule has 50 valence electrons. The van der Waals surface area contributed by atoms with E-state index >= 15 is 0 Å². The first-order chi connectivity index (χ1) is 4.43. The molecule has 0 saturated carbocycles. The van der Waals surface area contributed by atoms with Crippen LogP contribution in [0.25, 0.3) is 0 Å². The number of hydrogen-bond acceptors (Lipinski definition) is 2. The fourth-order valence-electron chi connectivity index (χ4n) is 0.938. The molecule has 0 bridgehead atoms. The molecule has 0 aliphatic carbocycles. The van der Waals surface area contributed by atoms with Crippen molar-refractivity contribution in [1.29, 1.82) is 0 Å². The molecule has 2 heteroatoms. The van der Waals surface area contributed by atoms with Crippen LogP contribution in [0.4, 0.5) is 0 Å². The summed E-state index contributed by atoms with van der Waals surface area (Å²) >= 11 is 1.59. The second kappa shape index (κ2) is 3.81. The van der Waals surface area contributed by atoms with Gasteiger partial charge in [0.1, 0.15) is 0 Å².